The lowest BCUT2D eigenvalue weighted by Gasteiger charge is -2.45. The Balaban J connectivity index is 1.62. The highest BCUT2D eigenvalue weighted by Gasteiger charge is 2.49. The standard InChI is InChI=1S/C17H24N4O3/c1-19-8-7-18-16(19)15-13(17(23)20-9-12(10-20)24-2)5-6-14(22)21(15)11-3-4-11/h7-8,11-13,15H,3-6,9-10H2,1-2H3/t13-,15-/m0/s1. The molecule has 0 N–H and O–H groups in total. The second kappa shape index (κ2) is 5.88. The molecule has 24 heavy (non-hydrogen) atoms. The molecular weight excluding hydrogens is 308 g/mol. The third-order valence-electron chi connectivity index (χ3n) is 5.51. The number of carbonyl (C=O) groups is 2. The van der Waals surface area contributed by atoms with Crippen LogP contribution in [0.5, 0.6) is 0 Å². The van der Waals surface area contributed by atoms with Crippen LogP contribution in [-0.4, -0.2) is 63.5 Å². The molecule has 2 saturated heterocycles. The van der Waals surface area contributed by atoms with Crippen LogP contribution in [0.3, 0.4) is 0 Å². The van der Waals surface area contributed by atoms with E-state index in [1.807, 2.05) is 27.6 Å². The van der Waals surface area contributed by atoms with E-state index >= 15 is 0 Å². The summed E-state index contributed by atoms with van der Waals surface area (Å²) in [5.74, 6) is 0.904. The molecule has 3 heterocycles. The molecule has 7 heteroatoms. The number of hydrogen-bond acceptors (Lipinski definition) is 4. The topological polar surface area (TPSA) is 67.7 Å². The van der Waals surface area contributed by atoms with Crippen molar-refractivity contribution in [2.24, 2.45) is 13.0 Å². The number of aryl methyl sites for hydroxylation is 1. The average Bonchev–Trinajstić information content (AvgIpc) is 3.27. The number of hydrogen-bond donors (Lipinski definition) is 0. The monoisotopic (exact) mass is 332 g/mol. The number of piperidine rings is 1. The molecule has 130 valence electrons. The molecule has 0 unspecified atom stereocenters. The Morgan fingerprint density at radius 1 is 1.29 bits per heavy atom. The molecule has 0 bridgehead atoms. The summed E-state index contributed by atoms with van der Waals surface area (Å²) in [6.07, 6.45) is 6.89. The van der Waals surface area contributed by atoms with E-state index in [-0.39, 0.29) is 35.9 Å². The number of imidazole rings is 1. The molecule has 1 aliphatic carbocycles. The molecule has 2 atom stereocenters. The van der Waals surface area contributed by atoms with E-state index in [0.717, 1.165) is 18.7 Å². The van der Waals surface area contributed by atoms with Gasteiger partial charge in [-0.2, -0.15) is 0 Å². The van der Waals surface area contributed by atoms with Gasteiger partial charge in [0.25, 0.3) is 0 Å². The van der Waals surface area contributed by atoms with Crippen molar-refractivity contribution in [3.05, 3.63) is 18.2 Å². The highest BCUT2D eigenvalue weighted by molar-refractivity contribution is 5.85. The molecule has 4 rings (SSSR count). The fourth-order valence-corrected chi connectivity index (χ4v) is 3.93. The fourth-order valence-electron chi connectivity index (χ4n) is 3.93. The van der Waals surface area contributed by atoms with E-state index in [9.17, 15) is 9.59 Å². The van der Waals surface area contributed by atoms with E-state index in [1.54, 1.807) is 13.3 Å². The molecule has 1 aromatic rings. The highest BCUT2D eigenvalue weighted by atomic mass is 16.5. The number of ether oxygens (including phenoxy) is 1. The first-order valence-electron chi connectivity index (χ1n) is 8.70. The summed E-state index contributed by atoms with van der Waals surface area (Å²) < 4.78 is 7.22. The summed E-state index contributed by atoms with van der Waals surface area (Å²) in [4.78, 5) is 33.9. The zero-order chi connectivity index (χ0) is 16.8. The van der Waals surface area contributed by atoms with Crippen LogP contribution in [0, 0.1) is 5.92 Å². The van der Waals surface area contributed by atoms with Gasteiger partial charge in [-0.05, 0) is 19.3 Å². The van der Waals surface area contributed by atoms with Gasteiger partial charge >= 0.3 is 0 Å². The number of nitrogens with zero attached hydrogens (tertiary/aromatic N) is 4. The van der Waals surface area contributed by atoms with Gasteiger partial charge in [-0.15, -0.1) is 0 Å². The van der Waals surface area contributed by atoms with Crippen molar-refractivity contribution in [3.8, 4) is 0 Å². The minimum atomic E-state index is -0.243. The van der Waals surface area contributed by atoms with Gasteiger partial charge in [0.1, 0.15) is 11.9 Å². The maximum atomic E-state index is 13.0. The van der Waals surface area contributed by atoms with E-state index in [0.29, 0.717) is 25.9 Å². The molecule has 0 aromatic carbocycles. The fraction of sp³-hybridized carbons (Fsp3) is 0.706. The van der Waals surface area contributed by atoms with Gasteiger partial charge < -0.3 is 19.1 Å². The smallest absolute Gasteiger partial charge is 0.228 e. The zero-order valence-corrected chi connectivity index (χ0v) is 14.2. The summed E-state index contributed by atoms with van der Waals surface area (Å²) in [5.41, 5.74) is 0. The first-order valence-corrected chi connectivity index (χ1v) is 8.70. The summed E-state index contributed by atoms with van der Waals surface area (Å²) in [6.45, 7) is 1.30. The van der Waals surface area contributed by atoms with Gasteiger partial charge in [0.05, 0.1) is 12.0 Å². The largest absolute Gasteiger partial charge is 0.378 e. The Morgan fingerprint density at radius 2 is 2.04 bits per heavy atom. The summed E-state index contributed by atoms with van der Waals surface area (Å²) in [5, 5.41) is 0. The number of likely N-dealkylation sites (tertiary alicyclic amines) is 2. The van der Waals surface area contributed by atoms with E-state index in [4.69, 9.17) is 4.74 Å². The molecule has 3 fully saturated rings. The number of methoxy groups -OCH3 is 1. The third kappa shape index (κ3) is 2.51. The predicted molar refractivity (Wildman–Crippen MR) is 85.9 cm³/mol. The van der Waals surface area contributed by atoms with Gasteiger partial charge in [-0.3, -0.25) is 9.59 Å². The molecule has 7 nitrogen and oxygen atoms in total. The van der Waals surface area contributed by atoms with Crippen LogP contribution >= 0.6 is 0 Å². The molecule has 0 spiro atoms. The minimum Gasteiger partial charge on any atom is -0.378 e. The van der Waals surface area contributed by atoms with E-state index < -0.39 is 0 Å². The van der Waals surface area contributed by atoms with Crippen molar-refractivity contribution in [1.82, 2.24) is 19.4 Å². The second-order valence-corrected chi connectivity index (χ2v) is 7.12. The van der Waals surface area contributed by atoms with Crippen LogP contribution in [0.15, 0.2) is 12.4 Å². The van der Waals surface area contributed by atoms with Crippen LogP contribution in [0.25, 0.3) is 0 Å². The van der Waals surface area contributed by atoms with Crippen molar-refractivity contribution < 1.29 is 14.3 Å². The van der Waals surface area contributed by atoms with Crippen LogP contribution in [0.2, 0.25) is 0 Å². The third-order valence-corrected chi connectivity index (χ3v) is 5.51. The summed E-state index contributed by atoms with van der Waals surface area (Å²) in [6, 6.07) is 0.0331. The Labute approximate surface area is 141 Å². The van der Waals surface area contributed by atoms with Crippen LogP contribution < -0.4 is 0 Å². The van der Waals surface area contributed by atoms with Gasteiger partial charge in [-0.1, -0.05) is 0 Å². The maximum absolute atomic E-state index is 13.0. The van der Waals surface area contributed by atoms with Gasteiger partial charge in [0.2, 0.25) is 11.8 Å². The number of carbonyl (C=O) groups excluding carboxylic acids is 2. The normalized spacial score (nSPS) is 28.2. The molecule has 1 saturated carbocycles. The first kappa shape index (κ1) is 15.6. The summed E-state index contributed by atoms with van der Waals surface area (Å²) >= 11 is 0. The Hall–Kier alpha value is -1.89. The Morgan fingerprint density at radius 3 is 2.62 bits per heavy atom. The van der Waals surface area contributed by atoms with Gasteiger partial charge in [0, 0.05) is 52.1 Å². The van der Waals surface area contributed by atoms with Crippen molar-refractivity contribution in [2.75, 3.05) is 20.2 Å². The second-order valence-electron chi connectivity index (χ2n) is 7.12. The summed E-state index contributed by atoms with van der Waals surface area (Å²) in [7, 11) is 3.61. The van der Waals surface area contributed by atoms with Crippen LogP contribution in [0.4, 0.5) is 0 Å². The van der Waals surface area contributed by atoms with Crippen molar-refractivity contribution >= 4 is 11.8 Å². The first-order chi connectivity index (χ1) is 11.6. The molecular formula is C17H24N4O3. The molecule has 2 aliphatic heterocycles. The minimum absolute atomic E-state index is 0.134. The van der Waals surface area contributed by atoms with Crippen molar-refractivity contribution in [3.63, 3.8) is 0 Å². The Kier molecular flexibility index (Phi) is 3.83. The molecule has 0 radical (unpaired) electrons. The maximum Gasteiger partial charge on any atom is 0.228 e. The average molecular weight is 332 g/mol. The van der Waals surface area contributed by atoms with E-state index in [2.05, 4.69) is 4.98 Å². The lowest BCUT2D eigenvalue weighted by Crippen LogP contribution is -2.58. The Bertz CT molecular complexity index is 648. The van der Waals surface area contributed by atoms with Gasteiger partial charge in [0.15, 0.2) is 0 Å². The molecule has 2 amide bonds. The van der Waals surface area contributed by atoms with Crippen LogP contribution in [0.1, 0.15) is 37.5 Å². The number of aromatic nitrogens is 2. The van der Waals surface area contributed by atoms with Crippen LogP contribution in [-0.2, 0) is 21.4 Å². The predicted octanol–water partition coefficient (Wildman–Crippen LogP) is 0.719. The van der Waals surface area contributed by atoms with E-state index in [1.165, 1.54) is 0 Å². The SMILES string of the molecule is COC1CN(C(=O)[C@H]2CCC(=O)N(C3CC3)[C@@H]2c2nccn2C)C1. The molecule has 3 aliphatic rings. The number of amides is 2. The van der Waals surface area contributed by atoms with Gasteiger partial charge in [-0.25, -0.2) is 4.98 Å². The van der Waals surface area contributed by atoms with Crippen molar-refractivity contribution in [2.45, 2.75) is 43.9 Å². The lowest BCUT2D eigenvalue weighted by atomic mass is 9.85. The van der Waals surface area contributed by atoms with Crippen molar-refractivity contribution in [1.29, 1.82) is 0 Å². The zero-order valence-electron chi connectivity index (χ0n) is 14.2. The lowest BCUT2D eigenvalue weighted by molar-refractivity contribution is -0.156. The quantitative estimate of drug-likeness (QED) is 0.815. The molecule has 1 aromatic heterocycles. The highest BCUT2D eigenvalue weighted by Crippen LogP contribution is 2.43. The number of rotatable bonds is 4.